The second-order valence-corrected chi connectivity index (χ2v) is 4.87. The molecule has 1 aromatic carbocycles. The largest absolute Gasteiger partial charge is 0.426 e. The number of benzene rings is 1. The molecule has 1 aliphatic heterocycles. The van der Waals surface area contributed by atoms with E-state index in [1.165, 1.54) is 0 Å². The third-order valence-electron chi connectivity index (χ3n) is 3.66. The Bertz CT molecular complexity index is 424. The molecule has 5 heteroatoms. The first-order valence-electron chi connectivity index (χ1n) is 6.36. The Morgan fingerprint density at radius 3 is 2.72 bits per heavy atom. The number of hydrazine groups is 2. The van der Waals surface area contributed by atoms with Crippen LogP contribution in [0.1, 0.15) is 19.3 Å². The molecule has 1 aliphatic carbocycles. The molecule has 0 radical (unpaired) electrons. The molecule has 5 nitrogen and oxygen atoms in total. The Hall–Kier alpha value is -1.43. The maximum Gasteiger partial charge on any atom is 0.314 e. The molecule has 0 spiro atoms. The summed E-state index contributed by atoms with van der Waals surface area (Å²) in [7, 11) is 0. The van der Waals surface area contributed by atoms with E-state index < -0.39 is 0 Å². The molecule has 2 fully saturated rings. The van der Waals surface area contributed by atoms with Gasteiger partial charge in [-0.3, -0.25) is 4.79 Å². The summed E-state index contributed by atoms with van der Waals surface area (Å²) in [6, 6.07) is 9.99. The van der Waals surface area contributed by atoms with Gasteiger partial charge in [-0.1, -0.05) is 18.2 Å². The minimum absolute atomic E-state index is 0.0133. The number of nitrogens with one attached hydrogen (secondary N) is 3. The fraction of sp³-hybridized carbons (Fsp3) is 0.462. The predicted molar refractivity (Wildman–Crippen MR) is 66.4 cm³/mol. The maximum absolute atomic E-state index is 12.1. The third kappa shape index (κ3) is 2.38. The average Bonchev–Trinajstić information content (AvgIpc) is 2.87. The average molecular weight is 247 g/mol. The molecule has 3 rings (SSSR count). The molecule has 3 N–H and O–H groups in total. The summed E-state index contributed by atoms with van der Waals surface area (Å²) in [5, 5.41) is 0. The Kier molecular flexibility index (Phi) is 3.27. The Balaban J connectivity index is 1.60. The summed E-state index contributed by atoms with van der Waals surface area (Å²) in [6.07, 6.45) is 2.68. The SMILES string of the molecule is O=C(Oc1ccccc1)C1CCC2NNNC2C1. The van der Waals surface area contributed by atoms with Gasteiger partial charge in [-0.15, -0.1) is 0 Å². The lowest BCUT2D eigenvalue weighted by atomic mass is 9.83. The van der Waals surface area contributed by atoms with Crippen molar-refractivity contribution in [2.24, 2.45) is 5.92 Å². The molecular formula is C13H17N3O2. The van der Waals surface area contributed by atoms with Gasteiger partial charge in [0.25, 0.3) is 0 Å². The van der Waals surface area contributed by atoms with Crippen LogP contribution in [0.4, 0.5) is 0 Å². The second kappa shape index (κ2) is 5.06. The molecule has 3 unspecified atom stereocenters. The zero-order valence-electron chi connectivity index (χ0n) is 10.1. The quantitative estimate of drug-likeness (QED) is 0.531. The van der Waals surface area contributed by atoms with E-state index in [2.05, 4.69) is 16.4 Å². The summed E-state index contributed by atoms with van der Waals surface area (Å²) >= 11 is 0. The van der Waals surface area contributed by atoms with Gasteiger partial charge in [0.05, 0.1) is 5.92 Å². The molecule has 0 amide bonds. The molecule has 0 aromatic heterocycles. The van der Waals surface area contributed by atoms with Gasteiger partial charge in [-0.25, -0.2) is 10.9 Å². The first-order valence-corrected chi connectivity index (χ1v) is 6.36. The van der Waals surface area contributed by atoms with Crippen LogP contribution in [-0.2, 0) is 4.79 Å². The number of rotatable bonds is 2. The summed E-state index contributed by atoms with van der Waals surface area (Å²) in [6.45, 7) is 0. The van der Waals surface area contributed by atoms with Crippen LogP contribution in [0.5, 0.6) is 5.75 Å². The highest BCUT2D eigenvalue weighted by molar-refractivity contribution is 5.75. The van der Waals surface area contributed by atoms with Crippen molar-refractivity contribution in [3.05, 3.63) is 30.3 Å². The van der Waals surface area contributed by atoms with E-state index in [0.29, 0.717) is 17.8 Å². The molecule has 3 atom stereocenters. The number of hydrogen-bond acceptors (Lipinski definition) is 5. The third-order valence-corrected chi connectivity index (χ3v) is 3.66. The number of esters is 1. The van der Waals surface area contributed by atoms with E-state index in [1.807, 2.05) is 18.2 Å². The van der Waals surface area contributed by atoms with Crippen LogP contribution in [0.3, 0.4) is 0 Å². The van der Waals surface area contributed by atoms with Gasteiger partial charge >= 0.3 is 5.97 Å². The van der Waals surface area contributed by atoms with Crippen molar-refractivity contribution in [2.45, 2.75) is 31.3 Å². The van der Waals surface area contributed by atoms with Crippen LogP contribution >= 0.6 is 0 Å². The van der Waals surface area contributed by atoms with Crippen molar-refractivity contribution < 1.29 is 9.53 Å². The fourth-order valence-electron chi connectivity index (χ4n) is 2.63. The van der Waals surface area contributed by atoms with Crippen LogP contribution in [0.15, 0.2) is 30.3 Å². The molecule has 1 heterocycles. The lowest BCUT2D eigenvalue weighted by Gasteiger charge is -2.28. The van der Waals surface area contributed by atoms with E-state index >= 15 is 0 Å². The standard InChI is InChI=1S/C13H17N3O2/c17-13(18-10-4-2-1-3-5-10)9-6-7-11-12(8-9)15-16-14-11/h1-5,9,11-12,14-16H,6-8H2. The molecule has 1 saturated heterocycles. The molecule has 18 heavy (non-hydrogen) atoms. The number of hydrogen-bond donors (Lipinski definition) is 3. The summed E-state index contributed by atoms with van der Waals surface area (Å²) in [4.78, 5) is 12.1. The summed E-state index contributed by atoms with van der Waals surface area (Å²) in [5.41, 5.74) is 9.21. The van der Waals surface area contributed by atoms with Crippen molar-refractivity contribution in [3.63, 3.8) is 0 Å². The highest BCUT2D eigenvalue weighted by atomic mass is 16.5. The topological polar surface area (TPSA) is 62.4 Å². The van der Waals surface area contributed by atoms with E-state index in [4.69, 9.17) is 4.74 Å². The number of carbonyl (C=O) groups is 1. The lowest BCUT2D eigenvalue weighted by molar-refractivity contribution is -0.140. The minimum Gasteiger partial charge on any atom is -0.426 e. The number of para-hydroxylation sites is 1. The van der Waals surface area contributed by atoms with Crippen molar-refractivity contribution in [2.75, 3.05) is 0 Å². The fourth-order valence-corrected chi connectivity index (χ4v) is 2.63. The Morgan fingerprint density at radius 2 is 1.89 bits per heavy atom. The van der Waals surface area contributed by atoms with Crippen LogP contribution in [0, 0.1) is 5.92 Å². The number of ether oxygens (including phenoxy) is 1. The lowest BCUT2D eigenvalue weighted by Crippen LogP contribution is -2.42. The van der Waals surface area contributed by atoms with Crippen molar-refractivity contribution in [3.8, 4) is 5.75 Å². The zero-order valence-corrected chi connectivity index (χ0v) is 10.1. The Labute approximate surface area is 106 Å². The van der Waals surface area contributed by atoms with Crippen molar-refractivity contribution >= 4 is 5.97 Å². The van der Waals surface area contributed by atoms with E-state index in [0.717, 1.165) is 19.3 Å². The van der Waals surface area contributed by atoms with Gasteiger partial charge in [0.15, 0.2) is 0 Å². The highest BCUT2D eigenvalue weighted by Gasteiger charge is 2.37. The molecule has 2 aliphatic rings. The molecule has 1 saturated carbocycles. The van der Waals surface area contributed by atoms with E-state index in [9.17, 15) is 4.79 Å². The first kappa shape index (κ1) is 11.6. The molecule has 96 valence electrons. The van der Waals surface area contributed by atoms with E-state index in [-0.39, 0.29) is 11.9 Å². The molecular weight excluding hydrogens is 230 g/mol. The van der Waals surface area contributed by atoms with Crippen LogP contribution < -0.4 is 21.1 Å². The predicted octanol–water partition coefficient (Wildman–Crippen LogP) is 0.742. The first-order chi connectivity index (χ1) is 8.83. The monoisotopic (exact) mass is 247 g/mol. The van der Waals surface area contributed by atoms with Gasteiger partial charge < -0.3 is 4.74 Å². The van der Waals surface area contributed by atoms with Gasteiger partial charge in [0, 0.05) is 12.1 Å². The van der Waals surface area contributed by atoms with Crippen molar-refractivity contribution in [1.29, 1.82) is 0 Å². The van der Waals surface area contributed by atoms with E-state index in [1.54, 1.807) is 12.1 Å². The molecule has 0 bridgehead atoms. The normalized spacial score (nSPS) is 30.8. The highest BCUT2D eigenvalue weighted by Crippen LogP contribution is 2.27. The number of carbonyl (C=O) groups excluding carboxylic acids is 1. The maximum atomic E-state index is 12.1. The smallest absolute Gasteiger partial charge is 0.314 e. The molecule has 1 aromatic rings. The van der Waals surface area contributed by atoms with Gasteiger partial charge in [0.2, 0.25) is 0 Å². The van der Waals surface area contributed by atoms with Crippen LogP contribution in [0.25, 0.3) is 0 Å². The van der Waals surface area contributed by atoms with Crippen LogP contribution in [-0.4, -0.2) is 18.1 Å². The zero-order chi connectivity index (χ0) is 12.4. The summed E-state index contributed by atoms with van der Waals surface area (Å²) < 4.78 is 5.39. The second-order valence-electron chi connectivity index (χ2n) is 4.87. The van der Waals surface area contributed by atoms with Crippen molar-refractivity contribution in [1.82, 2.24) is 16.4 Å². The van der Waals surface area contributed by atoms with Gasteiger partial charge in [-0.05, 0) is 31.4 Å². The summed E-state index contributed by atoms with van der Waals surface area (Å²) in [5.74, 6) is 0.495. The van der Waals surface area contributed by atoms with Crippen LogP contribution in [0.2, 0.25) is 0 Å². The Morgan fingerprint density at radius 1 is 1.11 bits per heavy atom. The minimum atomic E-state index is -0.117. The van der Waals surface area contributed by atoms with Gasteiger partial charge in [0.1, 0.15) is 5.75 Å². The van der Waals surface area contributed by atoms with Gasteiger partial charge in [-0.2, -0.15) is 5.53 Å². The number of fused-ring (bicyclic) bond motifs is 1.